The Bertz CT molecular complexity index is 752. The van der Waals surface area contributed by atoms with Gasteiger partial charge in [0.15, 0.2) is 0 Å². The molecule has 1 aromatic heterocycles. The van der Waals surface area contributed by atoms with Gasteiger partial charge in [-0.15, -0.1) is 0 Å². The van der Waals surface area contributed by atoms with Gasteiger partial charge in [-0.1, -0.05) is 24.3 Å². The number of aryl methyl sites for hydroxylation is 1. The summed E-state index contributed by atoms with van der Waals surface area (Å²) in [5.41, 5.74) is 3.25. The van der Waals surface area contributed by atoms with Crippen LogP contribution in [0.15, 0.2) is 41.1 Å². The summed E-state index contributed by atoms with van der Waals surface area (Å²) in [5, 5.41) is 6.43. The quantitative estimate of drug-likeness (QED) is 0.909. The molecular formula is C19H20N2O2S. The van der Waals surface area contributed by atoms with Crippen molar-refractivity contribution in [2.24, 2.45) is 0 Å². The molecule has 4 rings (SSSR count). The molecule has 0 saturated heterocycles. The smallest absolute Gasteiger partial charge is 0.252 e. The molecule has 2 aliphatic rings. The van der Waals surface area contributed by atoms with Gasteiger partial charge in [0.2, 0.25) is 5.91 Å². The van der Waals surface area contributed by atoms with Gasteiger partial charge in [0, 0.05) is 17.0 Å². The minimum Gasteiger partial charge on any atom is -0.343 e. The lowest BCUT2D eigenvalue weighted by molar-refractivity contribution is -0.133. The van der Waals surface area contributed by atoms with E-state index in [2.05, 4.69) is 23.5 Å². The number of carbonyl (C=O) groups is 2. The topological polar surface area (TPSA) is 49.4 Å². The summed E-state index contributed by atoms with van der Waals surface area (Å²) < 4.78 is 0. The average molecular weight is 340 g/mol. The second-order valence-corrected chi connectivity index (χ2v) is 7.26. The molecule has 1 fully saturated rings. The standard InChI is InChI=1S/C19H20N2O2S/c22-18(11-20-19(23)14-9-10-24-12-14)21(15-6-7-15)17-8-5-13-3-1-2-4-16(13)17/h1-4,9-10,12,15,17H,5-8,11H2,(H,20,23). The maximum absolute atomic E-state index is 12.8. The van der Waals surface area contributed by atoms with Crippen LogP contribution >= 0.6 is 11.3 Å². The molecule has 2 aliphatic carbocycles. The van der Waals surface area contributed by atoms with E-state index in [1.807, 2.05) is 16.3 Å². The lowest BCUT2D eigenvalue weighted by atomic mass is 10.1. The third-order valence-corrected chi connectivity index (χ3v) is 5.53. The molecule has 4 nitrogen and oxygen atoms in total. The highest BCUT2D eigenvalue weighted by Gasteiger charge is 2.40. The average Bonchev–Trinajstić information content (AvgIpc) is 3.12. The first-order valence-electron chi connectivity index (χ1n) is 8.43. The van der Waals surface area contributed by atoms with Crippen molar-refractivity contribution in [1.29, 1.82) is 0 Å². The summed E-state index contributed by atoms with van der Waals surface area (Å²) in [7, 11) is 0. The fourth-order valence-corrected chi connectivity index (χ4v) is 4.19. The zero-order chi connectivity index (χ0) is 16.5. The van der Waals surface area contributed by atoms with Crippen LogP contribution in [0.2, 0.25) is 0 Å². The van der Waals surface area contributed by atoms with Crippen molar-refractivity contribution in [3.05, 3.63) is 57.8 Å². The van der Waals surface area contributed by atoms with Crippen LogP contribution in [-0.4, -0.2) is 29.3 Å². The van der Waals surface area contributed by atoms with Crippen molar-refractivity contribution in [2.45, 2.75) is 37.8 Å². The van der Waals surface area contributed by atoms with E-state index in [9.17, 15) is 9.59 Å². The minimum absolute atomic E-state index is 0.0304. The van der Waals surface area contributed by atoms with Gasteiger partial charge in [-0.2, -0.15) is 11.3 Å². The summed E-state index contributed by atoms with van der Waals surface area (Å²) in [4.78, 5) is 26.9. The number of amides is 2. The van der Waals surface area contributed by atoms with Crippen molar-refractivity contribution in [2.75, 3.05) is 6.54 Å². The molecule has 1 saturated carbocycles. The Balaban J connectivity index is 1.46. The van der Waals surface area contributed by atoms with Crippen molar-refractivity contribution in [3.63, 3.8) is 0 Å². The van der Waals surface area contributed by atoms with Gasteiger partial charge >= 0.3 is 0 Å². The Hall–Kier alpha value is -2.14. The number of rotatable bonds is 5. The normalized spacial score (nSPS) is 18.9. The number of hydrogen-bond acceptors (Lipinski definition) is 3. The number of nitrogens with one attached hydrogen (secondary N) is 1. The first-order valence-corrected chi connectivity index (χ1v) is 9.37. The first kappa shape index (κ1) is 15.4. The molecule has 0 bridgehead atoms. The number of carbonyl (C=O) groups excluding carboxylic acids is 2. The Morgan fingerprint density at radius 2 is 2.00 bits per heavy atom. The van der Waals surface area contributed by atoms with Gasteiger partial charge in [-0.05, 0) is 48.3 Å². The van der Waals surface area contributed by atoms with E-state index in [4.69, 9.17) is 0 Å². The van der Waals surface area contributed by atoms with Gasteiger partial charge in [0.25, 0.3) is 5.91 Å². The van der Waals surface area contributed by atoms with Crippen LogP contribution in [0.1, 0.15) is 46.8 Å². The molecule has 1 atom stereocenters. The van der Waals surface area contributed by atoms with Gasteiger partial charge < -0.3 is 10.2 Å². The van der Waals surface area contributed by atoms with Crippen molar-refractivity contribution in [1.82, 2.24) is 10.2 Å². The fraction of sp³-hybridized carbons (Fsp3) is 0.368. The minimum atomic E-state index is -0.174. The van der Waals surface area contributed by atoms with Crippen LogP contribution in [-0.2, 0) is 11.2 Å². The summed E-state index contributed by atoms with van der Waals surface area (Å²) in [6.45, 7) is 0.0733. The first-order chi connectivity index (χ1) is 11.7. The molecule has 0 spiro atoms. The molecule has 1 heterocycles. The highest BCUT2D eigenvalue weighted by molar-refractivity contribution is 7.08. The van der Waals surface area contributed by atoms with E-state index >= 15 is 0 Å². The number of hydrogen-bond donors (Lipinski definition) is 1. The van der Waals surface area contributed by atoms with E-state index in [0.29, 0.717) is 11.6 Å². The Labute approximate surface area is 145 Å². The molecular weight excluding hydrogens is 320 g/mol. The number of nitrogens with zero attached hydrogens (tertiary/aromatic N) is 1. The second-order valence-electron chi connectivity index (χ2n) is 6.48. The van der Waals surface area contributed by atoms with Crippen molar-refractivity contribution in [3.8, 4) is 0 Å². The van der Waals surface area contributed by atoms with Crippen LogP contribution in [0.4, 0.5) is 0 Å². The molecule has 1 aromatic carbocycles. The fourth-order valence-electron chi connectivity index (χ4n) is 3.55. The van der Waals surface area contributed by atoms with Crippen LogP contribution in [0.3, 0.4) is 0 Å². The third-order valence-electron chi connectivity index (χ3n) is 4.85. The molecule has 24 heavy (non-hydrogen) atoms. The van der Waals surface area contributed by atoms with E-state index in [1.54, 1.807) is 11.4 Å². The number of fused-ring (bicyclic) bond motifs is 1. The zero-order valence-electron chi connectivity index (χ0n) is 13.4. The van der Waals surface area contributed by atoms with E-state index in [1.165, 1.54) is 22.5 Å². The Kier molecular flexibility index (Phi) is 4.10. The maximum Gasteiger partial charge on any atom is 0.252 e. The number of benzene rings is 1. The zero-order valence-corrected chi connectivity index (χ0v) is 14.2. The van der Waals surface area contributed by atoms with Gasteiger partial charge in [0.05, 0.1) is 12.6 Å². The predicted octanol–water partition coefficient (Wildman–Crippen LogP) is 3.16. The van der Waals surface area contributed by atoms with E-state index in [0.717, 1.165) is 25.7 Å². The van der Waals surface area contributed by atoms with Crippen molar-refractivity contribution < 1.29 is 9.59 Å². The van der Waals surface area contributed by atoms with Crippen molar-refractivity contribution >= 4 is 23.2 Å². The molecule has 2 amide bonds. The summed E-state index contributed by atoms with van der Waals surface area (Å²) in [6.07, 6.45) is 4.16. The highest BCUT2D eigenvalue weighted by atomic mass is 32.1. The summed E-state index contributed by atoms with van der Waals surface area (Å²) in [6, 6.07) is 10.7. The van der Waals surface area contributed by atoms with Gasteiger partial charge in [-0.25, -0.2) is 0 Å². The molecule has 0 aliphatic heterocycles. The van der Waals surface area contributed by atoms with E-state index in [-0.39, 0.29) is 24.4 Å². The second kappa shape index (κ2) is 6.40. The van der Waals surface area contributed by atoms with Crippen LogP contribution in [0, 0.1) is 0 Å². The van der Waals surface area contributed by atoms with Crippen LogP contribution in [0.5, 0.6) is 0 Å². The summed E-state index contributed by atoms with van der Waals surface area (Å²) in [5.74, 6) is -0.144. The Morgan fingerprint density at radius 1 is 1.17 bits per heavy atom. The highest BCUT2D eigenvalue weighted by Crippen LogP contribution is 2.41. The van der Waals surface area contributed by atoms with Crippen LogP contribution < -0.4 is 5.32 Å². The SMILES string of the molecule is O=C(NCC(=O)N(C1CC1)C1CCc2ccccc21)c1ccsc1. The number of thiophene rings is 1. The van der Waals surface area contributed by atoms with Gasteiger partial charge in [-0.3, -0.25) is 9.59 Å². The summed E-state index contributed by atoms with van der Waals surface area (Å²) >= 11 is 1.48. The predicted molar refractivity (Wildman–Crippen MR) is 94.0 cm³/mol. The van der Waals surface area contributed by atoms with Gasteiger partial charge in [0.1, 0.15) is 0 Å². The monoisotopic (exact) mass is 340 g/mol. The third kappa shape index (κ3) is 2.96. The molecule has 124 valence electrons. The molecule has 1 N–H and O–H groups in total. The molecule has 1 unspecified atom stereocenters. The largest absolute Gasteiger partial charge is 0.343 e. The van der Waals surface area contributed by atoms with E-state index < -0.39 is 0 Å². The van der Waals surface area contributed by atoms with Crippen LogP contribution in [0.25, 0.3) is 0 Å². The maximum atomic E-state index is 12.8. The Morgan fingerprint density at radius 3 is 2.75 bits per heavy atom. The lowest BCUT2D eigenvalue weighted by Gasteiger charge is -2.30. The lowest BCUT2D eigenvalue weighted by Crippen LogP contribution is -2.42. The molecule has 2 aromatic rings. The molecule has 5 heteroatoms. The molecule has 0 radical (unpaired) electrons.